The van der Waals surface area contributed by atoms with Crippen molar-refractivity contribution in [2.24, 2.45) is 0 Å². The number of hydrogen-bond donors (Lipinski definition) is 0. The van der Waals surface area contributed by atoms with Crippen LogP contribution >= 0.6 is 15.9 Å². The predicted octanol–water partition coefficient (Wildman–Crippen LogP) is 3.49. The SMILES string of the molecule is O=C(COc1ccccc1)N(CCBr)Cc1ccccc1. The predicted molar refractivity (Wildman–Crippen MR) is 87.6 cm³/mol. The van der Waals surface area contributed by atoms with Gasteiger partial charge in [-0.2, -0.15) is 0 Å². The molecule has 2 rings (SSSR count). The molecule has 0 atom stereocenters. The van der Waals surface area contributed by atoms with Crippen molar-refractivity contribution in [3.8, 4) is 5.75 Å². The maximum atomic E-state index is 12.3. The molecule has 3 nitrogen and oxygen atoms in total. The van der Waals surface area contributed by atoms with Gasteiger partial charge in [0.15, 0.2) is 6.61 Å². The van der Waals surface area contributed by atoms with Crippen LogP contribution in [0.1, 0.15) is 5.56 Å². The van der Waals surface area contributed by atoms with Gasteiger partial charge < -0.3 is 9.64 Å². The summed E-state index contributed by atoms with van der Waals surface area (Å²) >= 11 is 3.39. The number of halogens is 1. The van der Waals surface area contributed by atoms with Crippen molar-refractivity contribution in [1.82, 2.24) is 4.90 Å². The summed E-state index contributed by atoms with van der Waals surface area (Å²) in [5, 5.41) is 0.747. The molecule has 0 N–H and O–H groups in total. The van der Waals surface area contributed by atoms with Gasteiger partial charge in [0.25, 0.3) is 5.91 Å². The lowest BCUT2D eigenvalue weighted by molar-refractivity contribution is -0.133. The molecule has 110 valence electrons. The fourth-order valence-electron chi connectivity index (χ4n) is 1.95. The molecule has 0 saturated heterocycles. The first-order valence-electron chi connectivity index (χ1n) is 6.85. The van der Waals surface area contributed by atoms with Crippen molar-refractivity contribution in [2.75, 3.05) is 18.5 Å². The Balaban J connectivity index is 1.92. The molecule has 2 aromatic carbocycles. The Bertz CT molecular complexity index is 545. The summed E-state index contributed by atoms with van der Waals surface area (Å²) in [5.41, 5.74) is 1.12. The summed E-state index contributed by atoms with van der Waals surface area (Å²) in [6.07, 6.45) is 0. The molecule has 21 heavy (non-hydrogen) atoms. The van der Waals surface area contributed by atoms with Crippen molar-refractivity contribution < 1.29 is 9.53 Å². The number of alkyl halides is 1. The minimum atomic E-state index is -0.0119. The van der Waals surface area contributed by atoms with Gasteiger partial charge in [0, 0.05) is 18.4 Å². The summed E-state index contributed by atoms with van der Waals surface area (Å²) in [6.45, 7) is 1.32. The van der Waals surface area contributed by atoms with E-state index in [-0.39, 0.29) is 12.5 Å². The fraction of sp³-hybridized carbons (Fsp3) is 0.235. The Morgan fingerprint density at radius 1 is 1.00 bits per heavy atom. The van der Waals surface area contributed by atoms with Crippen LogP contribution in [0.2, 0.25) is 0 Å². The van der Waals surface area contributed by atoms with E-state index in [2.05, 4.69) is 15.9 Å². The Morgan fingerprint density at radius 3 is 2.24 bits per heavy atom. The van der Waals surface area contributed by atoms with Gasteiger partial charge in [0.1, 0.15) is 5.75 Å². The van der Waals surface area contributed by atoms with Crippen LogP contribution in [-0.2, 0) is 11.3 Å². The average Bonchev–Trinajstić information content (AvgIpc) is 2.54. The van der Waals surface area contributed by atoms with E-state index in [1.54, 1.807) is 4.90 Å². The number of amides is 1. The quantitative estimate of drug-likeness (QED) is 0.717. The molecule has 0 heterocycles. The van der Waals surface area contributed by atoms with E-state index in [1.807, 2.05) is 60.7 Å². The van der Waals surface area contributed by atoms with Crippen LogP contribution in [0, 0.1) is 0 Å². The van der Waals surface area contributed by atoms with Crippen LogP contribution in [0.4, 0.5) is 0 Å². The molecule has 0 radical (unpaired) electrons. The summed E-state index contributed by atoms with van der Waals surface area (Å²) in [4.78, 5) is 14.1. The third-order valence-electron chi connectivity index (χ3n) is 3.03. The van der Waals surface area contributed by atoms with Gasteiger partial charge in [-0.15, -0.1) is 0 Å². The Labute approximate surface area is 133 Å². The first kappa shape index (κ1) is 15.6. The number of benzene rings is 2. The molecule has 0 spiro atoms. The zero-order chi connectivity index (χ0) is 14.9. The van der Waals surface area contributed by atoms with E-state index >= 15 is 0 Å². The van der Waals surface area contributed by atoms with Crippen molar-refractivity contribution >= 4 is 21.8 Å². The molecular formula is C17H18BrNO2. The van der Waals surface area contributed by atoms with Crippen LogP contribution in [-0.4, -0.2) is 29.3 Å². The van der Waals surface area contributed by atoms with Gasteiger partial charge >= 0.3 is 0 Å². The zero-order valence-corrected chi connectivity index (χ0v) is 13.3. The number of ether oxygens (including phenoxy) is 1. The second kappa shape index (κ2) is 8.47. The van der Waals surface area contributed by atoms with Gasteiger partial charge in [-0.1, -0.05) is 64.5 Å². The maximum absolute atomic E-state index is 12.3. The molecule has 0 saturated carbocycles. The number of nitrogens with zero attached hydrogens (tertiary/aromatic N) is 1. The standard InChI is InChI=1S/C17H18BrNO2/c18-11-12-19(13-15-7-3-1-4-8-15)17(20)14-21-16-9-5-2-6-10-16/h1-10H,11-14H2. The number of carbonyl (C=O) groups excluding carboxylic acids is 1. The molecule has 0 aromatic heterocycles. The van der Waals surface area contributed by atoms with Crippen molar-refractivity contribution in [3.05, 3.63) is 66.2 Å². The molecule has 1 amide bonds. The van der Waals surface area contributed by atoms with Gasteiger partial charge in [0.2, 0.25) is 0 Å². The maximum Gasteiger partial charge on any atom is 0.260 e. The van der Waals surface area contributed by atoms with Crippen LogP contribution < -0.4 is 4.74 Å². The van der Waals surface area contributed by atoms with Gasteiger partial charge in [-0.3, -0.25) is 4.79 Å². The number of rotatable bonds is 7. The molecule has 0 bridgehead atoms. The van der Waals surface area contributed by atoms with Gasteiger partial charge in [-0.05, 0) is 17.7 Å². The highest BCUT2D eigenvalue weighted by molar-refractivity contribution is 9.09. The monoisotopic (exact) mass is 347 g/mol. The van der Waals surface area contributed by atoms with Gasteiger partial charge in [0.05, 0.1) is 0 Å². The highest BCUT2D eigenvalue weighted by Gasteiger charge is 2.14. The van der Waals surface area contributed by atoms with E-state index in [0.29, 0.717) is 18.8 Å². The Kier molecular flexibility index (Phi) is 6.28. The van der Waals surface area contributed by atoms with E-state index in [4.69, 9.17) is 4.74 Å². The van der Waals surface area contributed by atoms with E-state index in [9.17, 15) is 4.79 Å². The smallest absolute Gasteiger partial charge is 0.260 e. The summed E-state index contributed by atoms with van der Waals surface area (Å²) in [7, 11) is 0. The summed E-state index contributed by atoms with van der Waals surface area (Å²) in [5.74, 6) is 0.700. The molecule has 0 aliphatic rings. The van der Waals surface area contributed by atoms with Crippen LogP contribution in [0.15, 0.2) is 60.7 Å². The number of para-hydroxylation sites is 1. The molecule has 4 heteroatoms. The highest BCUT2D eigenvalue weighted by atomic mass is 79.9. The second-order valence-electron chi connectivity index (χ2n) is 4.59. The van der Waals surface area contributed by atoms with Crippen molar-refractivity contribution in [3.63, 3.8) is 0 Å². The molecule has 0 unspecified atom stereocenters. The molecule has 0 aliphatic heterocycles. The fourth-order valence-corrected chi connectivity index (χ4v) is 2.38. The topological polar surface area (TPSA) is 29.5 Å². The molecular weight excluding hydrogens is 330 g/mol. The first-order chi connectivity index (χ1) is 10.3. The van der Waals surface area contributed by atoms with E-state index in [0.717, 1.165) is 10.9 Å². The van der Waals surface area contributed by atoms with Crippen LogP contribution in [0.3, 0.4) is 0 Å². The average molecular weight is 348 g/mol. The minimum absolute atomic E-state index is 0.0119. The normalized spacial score (nSPS) is 10.1. The highest BCUT2D eigenvalue weighted by Crippen LogP contribution is 2.10. The van der Waals surface area contributed by atoms with Crippen LogP contribution in [0.25, 0.3) is 0 Å². The number of hydrogen-bond acceptors (Lipinski definition) is 2. The third kappa shape index (κ3) is 5.23. The first-order valence-corrected chi connectivity index (χ1v) is 7.97. The summed E-state index contributed by atoms with van der Waals surface area (Å²) in [6, 6.07) is 19.4. The second-order valence-corrected chi connectivity index (χ2v) is 5.38. The van der Waals surface area contributed by atoms with Crippen molar-refractivity contribution in [2.45, 2.75) is 6.54 Å². The lowest BCUT2D eigenvalue weighted by atomic mass is 10.2. The third-order valence-corrected chi connectivity index (χ3v) is 3.38. The Morgan fingerprint density at radius 2 is 1.62 bits per heavy atom. The molecule has 2 aromatic rings. The van der Waals surface area contributed by atoms with Gasteiger partial charge in [-0.25, -0.2) is 0 Å². The Hall–Kier alpha value is -1.81. The zero-order valence-electron chi connectivity index (χ0n) is 11.7. The van der Waals surface area contributed by atoms with E-state index in [1.165, 1.54) is 0 Å². The lowest BCUT2D eigenvalue weighted by Crippen LogP contribution is -2.35. The van der Waals surface area contributed by atoms with E-state index < -0.39 is 0 Å². The summed E-state index contributed by atoms with van der Waals surface area (Å²) < 4.78 is 5.53. The lowest BCUT2D eigenvalue weighted by Gasteiger charge is -2.22. The largest absolute Gasteiger partial charge is 0.484 e. The molecule has 0 fully saturated rings. The number of carbonyl (C=O) groups is 1. The molecule has 0 aliphatic carbocycles. The van der Waals surface area contributed by atoms with Crippen LogP contribution in [0.5, 0.6) is 5.75 Å². The van der Waals surface area contributed by atoms with Crippen molar-refractivity contribution in [1.29, 1.82) is 0 Å². The minimum Gasteiger partial charge on any atom is -0.484 e.